The van der Waals surface area contributed by atoms with E-state index in [9.17, 15) is 14.7 Å². The lowest BCUT2D eigenvalue weighted by atomic mass is 10.1. The molecule has 0 aliphatic carbocycles. The first-order chi connectivity index (χ1) is 13.0. The molecule has 0 fully saturated rings. The second-order valence-corrected chi connectivity index (χ2v) is 6.27. The Labute approximate surface area is 161 Å². The van der Waals surface area contributed by atoms with Crippen LogP contribution in [0, 0.1) is 0 Å². The van der Waals surface area contributed by atoms with E-state index in [0.29, 0.717) is 22.0 Å². The number of aromatic nitrogens is 3. The van der Waals surface area contributed by atoms with Crippen LogP contribution in [-0.4, -0.2) is 25.4 Å². The topological polar surface area (TPSA) is 97.2 Å². The number of pyridine rings is 1. The summed E-state index contributed by atoms with van der Waals surface area (Å²) in [5, 5.41) is 14.7. The van der Waals surface area contributed by atoms with Crippen molar-refractivity contribution in [1.82, 2.24) is 14.8 Å². The Morgan fingerprint density at radius 2 is 1.93 bits per heavy atom. The van der Waals surface area contributed by atoms with Crippen molar-refractivity contribution < 1.29 is 9.84 Å². The van der Waals surface area contributed by atoms with E-state index in [0.717, 1.165) is 10.2 Å². The van der Waals surface area contributed by atoms with E-state index in [2.05, 4.69) is 22.3 Å². The molecule has 0 saturated heterocycles. The maximum atomic E-state index is 12.9. The average Bonchev–Trinajstić information content (AvgIpc) is 2.65. The predicted octanol–water partition coefficient (Wildman–Crippen LogP) is 2.92. The number of thiocarbonyl (C=S) groups is 1. The summed E-state index contributed by atoms with van der Waals surface area (Å²) >= 11 is 10.6. The Kier molecular flexibility index (Phi) is 4.14. The molecule has 0 bridgehead atoms. The predicted molar refractivity (Wildman–Crippen MR) is 106 cm³/mol. The van der Waals surface area contributed by atoms with Gasteiger partial charge in [-0.2, -0.15) is 4.68 Å². The molecule has 0 saturated carbocycles. The van der Waals surface area contributed by atoms with Crippen molar-refractivity contribution in [2.24, 2.45) is 0 Å². The molecular weight excluding hydrogens is 390 g/mol. The molecule has 0 radical (unpaired) electrons. The minimum atomic E-state index is -0.663. The summed E-state index contributed by atoms with van der Waals surface area (Å²) in [5.41, 5.74) is 0.632. The maximum Gasteiger partial charge on any atom is 0.285 e. The van der Waals surface area contributed by atoms with Crippen molar-refractivity contribution in [1.29, 1.82) is 0 Å². The van der Waals surface area contributed by atoms with Crippen LogP contribution in [0.5, 0.6) is 11.6 Å². The number of nitrogens with zero attached hydrogens (tertiary/aromatic N) is 2. The van der Waals surface area contributed by atoms with Gasteiger partial charge in [0.1, 0.15) is 16.7 Å². The molecule has 2 N–H and O–H groups in total. The monoisotopic (exact) mass is 399 g/mol. The number of H-pyrrole nitrogens is 1. The van der Waals surface area contributed by atoms with Gasteiger partial charge in [0.05, 0.1) is 11.2 Å². The zero-order valence-electron chi connectivity index (χ0n) is 13.5. The van der Waals surface area contributed by atoms with Crippen molar-refractivity contribution in [3.63, 3.8) is 0 Å². The normalized spacial score (nSPS) is 11.0. The lowest BCUT2D eigenvalue weighted by Crippen LogP contribution is -2.26. The smallest absolute Gasteiger partial charge is 0.285 e. The number of ether oxygens (including phenoxy) is 1. The third-order valence-electron chi connectivity index (χ3n) is 4.05. The van der Waals surface area contributed by atoms with Gasteiger partial charge in [-0.05, 0) is 54.7 Å². The summed E-state index contributed by atoms with van der Waals surface area (Å²) in [6.45, 7) is 0. The third kappa shape index (κ3) is 2.84. The fraction of sp³-hybridized carbons (Fsp3) is 0. The van der Waals surface area contributed by atoms with Crippen molar-refractivity contribution in [3.8, 4) is 17.3 Å². The van der Waals surface area contributed by atoms with Crippen LogP contribution in [-0.2, 0) is 0 Å². The maximum absolute atomic E-state index is 12.9. The molecule has 2 aromatic carbocycles. The van der Waals surface area contributed by atoms with Crippen LogP contribution in [0.2, 0.25) is 5.02 Å². The Morgan fingerprint density at radius 3 is 2.63 bits per heavy atom. The van der Waals surface area contributed by atoms with E-state index in [1.54, 1.807) is 30.3 Å². The van der Waals surface area contributed by atoms with Crippen LogP contribution in [0.15, 0.2) is 52.1 Å². The number of hydrogen-bond donors (Lipinski definition) is 2. The van der Waals surface area contributed by atoms with E-state index < -0.39 is 16.9 Å². The van der Waals surface area contributed by atoms with Crippen LogP contribution in [0.3, 0.4) is 0 Å². The van der Waals surface area contributed by atoms with Crippen LogP contribution < -0.4 is 15.7 Å². The van der Waals surface area contributed by atoms with Gasteiger partial charge in [-0.15, -0.1) is 5.10 Å². The zero-order valence-corrected chi connectivity index (χ0v) is 15.0. The highest BCUT2D eigenvalue weighted by Gasteiger charge is 2.17. The Bertz CT molecular complexity index is 1330. The summed E-state index contributed by atoms with van der Waals surface area (Å²) in [6, 6.07) is 10.9. The SMILES string of the molecule is O=c1c2ccc(Cl)cc2[nH]c2c(O)nn(-c3ccc(OC=S)cc3)c(=O)c12. The number of nitrogens with one attached hydrogen (secondary N) is 1. The zero-order chi connectivity index (χ0) is 19.1. The lowest BCUT2D eigenvalue weighted by Gasteiger charge is -2.09. The van der Waals surface area contributed by atoms with Crippen molar-refractivity contribution >= 4 is 51.2 Å². The van der Waals surface area contributed by atoms with Crippen molar-refractivity contribution in [2.45, 2.75) is 0 Å². The fourth-order valence-electron chi connectivity index (χ4n) is 2.83. The molecule has 4 rings (SSSR count). The van der Waals surface area contributed by atoms with E-state index in [-0.39, 0.29) is 16.3 Å². The second kappa shape index (κ2) is 6.49. The molecule has 0 unspecified atom stereocenters. The Hall–Kier alpha value is -3.23. The van der Waals surface area contributed by atoms with E-state index in [1.807, 2.05) is 0 Å². The Balaban J connectivity index is 2.03. The summed E-state index contributed by atoms with van der Waals surface area (Å²) in [6.07, 6.45) is 0. The number of halogens is 1. The molecule has 0 amide bonds. The van der Waals surface area contributed by atoms with E-state index >= 15 is 0 Å². The number of fused-ring (bicyclic) bond motifs is 2. The average molecular weight is 400 g/mol. The van der Waals surface area contributed by atoms with Crippen molar-refractivity contribution in [3.05, 3.63) is 68.1 Å². The third-order valence-corrected chi connectivity index (χ3v) is 4.38. The molecule has 0 aliphatic rings. The number of aromatic amines is 1. The summed E-state index contributed by atoms with van der Waals surface area (Å²) < 4.78 is 6.02. The molecule has 0 atom stereocenters. The highest BCUT2D eigenvalue weighted by atomic mass is 35.5. The van der Waals surface area contributed by atoms with Gasteiger partial charge in [0.2, 0.25) is 5.43 Å². The molecular formula is C18H10ClN3O4S. The first-order valence-corrected chi connectivity index (χ1v) is 8.53. The second-order valence-electron chi connectivity index (χ2n) is 5.64. The highest BCUT2D eigenvalue weighted by Crippen LogP contribution is 2.22. The number of rotatable bonds is 3. The minimum Gasteiger partial charge on any atom is -0.491 e. The van der Waals surface area contributed by atoms with Gasteiger partial charge in [0.15, 0.2) is 5.55 Å². The first kappa shape index (κ1) is 17.2. The lowest BCUT2D eigenvalue weighted by molar-refractivity contribution is 0.443. The first-order valence-electron chi connectivity index (χ1n) is 7.68. The summed E-state index contributed by atoms with van der Waals surface area (Å²) in [5.74, 6) is -0.00433. The van der Waals surface area contributed by atoms with Crippen LogP contribution in [0.1, 0.15) is 0 Å². The molecule has 2 heterocycles. The fourth-order valence-corrected chi connectivity index (χ4v) is 3.11. The summed E-state index contributed by atoms with van der Waals surface area (Å²) in [4.78, 5) is 28.6. The molecule has 0 spiro atoms. The molecule has 7 nitrogen and oxygen atoms in total. The Morgan fingerprint density at radius 1 is 1.19 bits per heavy atom. The van der Waals surface area contributed by atoms with Gasteiger partial charge in [0, 0.05) is 10.4 Å². The van der Waals surface area contributed by atoms with Gasteiger partial charge >= 0.3 is 0 Å². The molecule has 2 aromatic heterocycles. The van der Waals surface area contributed by atoms with Crippen LogP contribution in [0.25, 0.3) is 27.5 Å². The number of aromatic hydroxyl groups is 1. The molecule has 4 aromatic rings. The number of hydrogen-bond acceptors (Lipinski definition) is 6. The van der Waals surface area contributed by atoms with Gasteiger partial charge in [0.25, 0.3) is 11.4 Å². The van der Waals surface area contributed by atoms with Gasteiger partial charge in [-0.1, -0.05) is 11.6 Å². The minimum absolute atomic E-state index is 0.0447. The quantitative estimate of drug-likeness (QED) is 0.406. The van der Waals surface area contributed by atoms with Crippen molar-refractivity contribution in [2.75, 3.05) is 0 Å². The summed E-state index contributed by atoms with van der Waals surface area (Å²) in [7, 11) is 0. The number of benzene rings is 2. The molecule has 0 aliphatic heterocycles. The highest BCUT2D eigenvalue weighted by molar-refractivity contribution is 7.78. The van der Waals surface area contributed by atoms with Crippen LogP contribution >= 0.6 is 23.8 Å². The largest absolute Gasteiger partial charge is 0.491 e. The van der Waals surface area contributed by atoms with Crippen LogP contribution in [0.4, 0.5) is 0 Å². The molecule has 27 heavy (non-hydrogen) atoms. The molecule has 9 heteroatoms. The van der Waals surface area contributed by atoms with Gasteiger partial charge < -0.3 is 14.8 Å². The van der Waals surface area contributed by atoms with Gasteiger partial charge in [-0.3, -0.25) is 9.59 Å². The standard InChI is InChI=1S/C18H10ClN3O4S/c19-9-1-6-12-13(7-9)20-15-14(16(12)23)18(25)22(21-17(15)24)10-2-4-11(5-3-10)26-8-27/h1-8H,(H,20,23)(H,21,24). The van der Waals surface area contributed by atoms with E-state index in [1.165, 1.54) is 12.1 Å². The molecule has 134 valence electrons. The van der Waals surface area contributed by atoms with E-state index in [4.69, 9.17) is 16.3 Å². The van der Waals surface area contributed by atoms with Gasteiger partial charge in [-0.25, -0.2) is 0 Å².